The number of rotatable bonds is 5. The SMILES string of the molecule is CCOc1ccc(C2COC(CCN)O2)cc1. The molecule has 4 heteroatoms. The van der Waals surface area contributed by atoms with Gasteiger partial charge in [-0.2, -0.15) is 0 Å². The summed E-state index contributed by atoms with van der Waals surface area (Å²) in [6, 6.07) is 7.95. The fourth-order valence-electron chi connectivity index (χ4n) is 1.86. The van der Waals surface area contributed by atoms with E-state index < -0.39 is 0 Å². The lowest BCUT2D eigenvalue weighted by atomic mass is 10.1. The Kier molecular flexibility index (Phi) is 4.36. The Morgan fingerprint density at radius 1 is 1.35 bits per heavy atom. The van der Waals surface area contributed by atoms with Crippen molar-refractivity contribution in [3.63, 3.8) is 0 Å². The first kappa shape index (κ1) is 12.4. The van der Waals surface area contributed by atoms with Gasteiger partial charge >= 0.3 is 0 Å². The highest BCUT2D eigenvalue weighted by Gasteiger charge is 2.26. The summed E-state index contributed by atoms with van der Waals surface area (Å²) in [5.74, 6) is 0.883. The number of nitrogens with two attached hydrogens (primary N) is 1. The molecule has 0 saturated carbocycles. The van der Waals surface area contributed by atoms with Crippen molar-refractivity contribution in [2.75, 3.05) is 19.8 Å². The van der Waals surface area contributed by atoms with Crippen molar-refractivity contribution in [3.8, 4) is 5.75 Å². The predicted molar refractivity (Wildman–Crippen MR) is 64.8 cm³/mol. The maximum atomic E-state index is 5.74. The third kappa shape index (κ3) is 3.19. The maximum Gasteiger partial charge on any atom is 0.159 e. The summed E-state index contributed by atoms with van der Waals surface area (Å²) >= 11 is 0. The Balaban J connectivity index is 1.94. The normalized spacial score (nSPS) is 23.9. The van der Waals surface area contributed by atoms with Crippen molar-refractivity contribution in [3.05, 3.63) is 29.8 Å². The number of ether oxygens (including phenoxy) is 3. The second kappa shape index (κ2) is 6.00. The molecule has 1 heterocycles. The van der Waals surface area contributed by atoms with E-state index in [9.17, 15) is 0 Å². The van der Waals surface area contributed by atoms with Crippen LogP contribution >= 0.6 is 0 Å². The van der Waals surface area contributed by atoms with Crippen molar-refractivity contribution in [2.45, 2.75) is 25.7 Å². The fraction of sp³-hybridized carbons (Fsp3) is 0.538. The second-order valence-corrected chi connectivity index (χ2v) is 3.97. The summed E-state index contributed by atoms with van der Waals surface area (Å²) < 4.78 is 16.6. The molecule has 0 radical (unpaired) electrons. The van der Waals surface area contributed by atoms with E-state index in [1.165, 1.54) is 0 Å². The molecule has 4 nitrogen and oxygen atoms in total. The van der Waals surface area contributed by atoms with Gasteiger partial charge in [-0.15, -0.1) is 0 Å². The second-order valence-electron chi connectivity index (χ2n) is 3.97. The molecular weight excluding hydrogens is 218 g/mol. The Hall–Kier alpha value is -1.10. The molecule has 0 spiro atoms. The van der Waals surface area contributed by atoms with Gasteiger partial charge in [-0.05, 0) is 31.2 Å². The first-order chi connectivity index (χ1) is 8.33. The van der Waals surface area contributed by atoms with Gasteiger partial charge in [-0.3, -0.25) is 0 Å². The van der Waals surface area contributed by atoms with Gasteiger partial charge in [0.2, 0.25) is 0 Å². The zero-order chi connectivity index (χ0) is 12.1. The van der Waals surface area contributed by atoms with E-state index in [1.807, 2.05) is 31.2 Å². The van der Waals surface area contributed by atoms with Crippen LogP contribution in [0.2, 0.25) is 0 Å². The van der Waals surface area contributed by atoms with E-state index in [0.717, 1.165) is 17.7 Å². The third-order valence-electron chi connectivity index (χ3n) is 2.71. The smallest absolute Gasteiger partial charge is 0.159 e. The molecule has 0 bridgehead atoms. The van der Waals surface area contributed by atoms with E-state index >= 15 is 0 Å². The highest BCUT2D eigenvalue weighted by Crippen LogP contribution is 2.28. The van der Waals surface area contributed by atoms with Crippen molar-refractivity contribution in [1.29, 1.82) is 0 Å². The zero-order valence-electron chi connectivity index (χ0n) is 10.1. The van der Waals surface area contributed by atoms with E-state index in [4.69, 9.17) is 19.9 Å². The Bertz CT molecular complexity index is 339. The predicted octanol–water partition coefficient (Wildman–Crippen LogP) is 1.85. The van der Waals surface area contributed by atoms with Gasteiger partial charge in [0.05, 0.1) is 13.2 Å². The van der Waals surface area contributed by atoms with Crippen LogP contribution in [0.25, 0.3) is 0 Å². The fourth-order valence-corrected chi connectivity index (χ4v) is 1.86. The van der Waals surface area contributed by atoms with Gasteiger partial charge < -0.3 is 19.9 Å². The van der Waals surface area contributed by atoms with E-state index in [-0.39, 0.29) is 12.4 Å². The minimum Gasteiger partial charge on any atom is -0.494 e. The molecule has 0 aromatic heterocycles. The summed E-state index contributed by atoms with van der Waals surface area (Å²) in [5, 5.41) is 0. The number of hydrogen-bond acceptors (Lipinski definition) is 4. The Labute approximate surface area is 102 Å². The highest BCUT2D eigenvalue weighted by molar-refractivity contribution is 5.28. The minimum atomic E-state index is -0.156. The van der Waals surface area contributed by atoms with Crippen molar-refractivity contribution >= 4 is 0 Å². The summed E-state index contributed by atoms with van der Waals surface area (Å²) in [6.45, 7) is 3.83. The zero-order valence-corrected chi connectivity index (χ0v) is 10.1. The van der Waals surface area contributed by atoms with Crippen molar-refractivity contribution < 1.29 is 14.2 Å². The van der Waals surface area contributed by atoms with Crippen LogP contribution in [-0.2, 0) is 9.47 Å². The molecule has 2 atom stereocenters. The minimum absolute atomic E-state index is 0.0160. The Morgan fingerprint density at radius 3 is 2.76 bits per heavy atom. The molecule has 1 fully saturated rings. The van der Waals surface area contributed by atoms with Crippen LogP contribution in [0.3, 0.4) is 0 Å². The molecule has 2 N–H and O–H groups in total. The standard InChI is InChI=1S/C13H19NO3/c1-2-15-11-5-3-10(4-6-11)12-9-16-13(17-12)7-8-14/h3-6,12-13H,2,7-9,14H2,1H3. The summed E-state index contributed by atoms with van der Waals surface area (Å²) in [5.41, 5.74) is 6.59. The lowest BCUT2D eigenvalue weighted by Crippen LogP contribution is -2.14. The molecule has 0 aliphatic carbocycles. The van der Waals surface area contributed by atoms with Crippen LogP contribution in [0.5, 0.6) is 5.75 Å². The van der Waals surface area contributed by atoms with Crippen LogP contribution in [-0.4, -0.2) is 26.0 Å². The quantitative estimate of drug-likeness (QED) is 0.849. The van der Waals surface area contributed by atoms with Gasteiger partial charge in [-0.1, -0.05) is 12.1 Å². The monoisotopic (exact) mass is 237 g/mol. The molecule has 94 valence electrons. The highest BCUT2D eigenvalue weighted by atomic mass is 16.7. The first-order valence-electron chi connectivity index (χ1n) is 6.03. The topological polar surface area (TPSA) is 53.7 Å². The average Bonchev–Trinajstić information content (AvgIpc) is 2.80. The number of benzene rings is 1. The van der Waals surface area contributed by atoms with Gasteiger partial charge in [0, 0.05) is 6.42 Å². The van der Waals surface area contributed by atoms with Crippen molar-refractivity contribution in [2.24, 2.45) is 5.73 Å². The lowest BCUT2D eigenvalue weighted by molar-refractivity contribution is -0.0606. The van der Waals surface area contributed by atoms with Gasteiger partial charge in [0.15, 0.2) is 6.29 Å². The number of hydrogen-bond donors (Lipinski definition) is 1. The largest absolute Gasteiger partial charge is 0.494 e. The average molecular weight is 237 g/mol. The molecule has 0 amide bonds. The van der Waals surface area contributed by atoms with Crippen molar-refractivity contribution in [1.82, 2.24) is 0 Å². The summed E-state index contributed by atoms with van der Waals surface area (Å²) in [7, 11) is 0. The molecule has 1 aliphatic rings. The van der Waals surface area contributed by atoms with Crippen LogP contribution in [0.15, 0.2) is 24.3 Å². The van der Waals surface area contributed by atoms with E-state index in [0.29, 0.717) is 19.8 Å². The van der Waals surface area contributed by atoms with Crippen LogP contribution in [0, 0.1) is 0 Å². The van der Waals surface area contributed by atoms with E-state index in [1.54, 1.807) is 0 Å². The third-order valence-corrected chi connectivity index (χ3v) is 2.71. The molecular formula is C13H19NO3. The van der Waals surface area contributed by atoms with Gasteiger partial charge in [0.25, 0.3) is 0 Å². The molecule has 17 heavy (non-hydrogen) atoms. The van der Waals surface area contributed by atoms with Gasteiger partial charge in [0.1, 0.15) is 11.9 Å². The van der Waals surface area contributed by atoms with Crippen LogP contribution in [0.1, 0.15) is 25.0 Å². The molecule has 1 aromatic carbocycles. The lowest BCUT2D eigenvalue weighted by Gasteiger charge is -2.11. The first-order valence-corrected chi connectivity index (χ1v) is 6.03. The summed E-state index contributed by atoms with van der Waals surface area (Å²) in [6.07, 6.45) is 0.604. The Morgan fingerprint density at radius 2 is 2.12 bits per heavy atom. The maximum absolute atomic E-state index is 5.74. The van der Waals surface area contributed by atoms with Gasteiger partial charge in [-0.25, -0.2) is 0 Å². The summed E-state index contributed by atoms with van der Waals surface area (Å²) in [4.78, 5) is 0. The molecule has 2 unspecified atom stereocenters. The molecule has 2 rings (SSSR count). The van der Waals surface area contributed by atoms with Crippen LogP contribution in [0.4, 0.5) is 0 Å². The van der Waals surface area contributed by atoms with Crippen LogP contribution < -0.4 is 10.5 Å². The molecule has 1 saturated heterocycles. The molecule has 1 aliphatic heterocycles. The molecule has 1 aromatic rings. The van der Waals surface area contributed by atoms with E-state index in [2.05, 4.69) is 0 Å².